The number of aryl methyl sites for hydroxylation is 1. The molecule has 1 fully saturated rings. The molecule has 1 saturated heterocycles. The van der Waals surface area contributed by atoms with Gasteiger partial charge in [-0.25, -0.2) is 13.1 Å². The fraction of sp³-hybridized carbons (Fsp3) is 0.417. The molecule has 0 bridgehead atoms. The zero-order chi connectivity index (χ0) is 23.8. The predicted octanol–water partition coefficient (Wildman–Crippen LogP) is 1.92. The molecular formula is C24H30N4O4S. The fourth-order valence-electron chi connectivity index (χ4n) is 4.60. The molecule has 2 heterocycles. The smallest absolute Gasteiger partial charge is 0.241 e. The van der Waals surface area contributed by atoms with Crippen LogP contribution in [0, 0.1) is 6.92 Å². The van der Waals surface area contributed by atoms with Crippen molar-refractivity contribution in [1.82, 2.24) is 9.62 Å². The molecule has 176 valence electrons. The van der Waals surface area contributed by atoms with Crippen molar-refractivity contribution in [2.45, 2.75) is 38.1 Å². The number of piperazine rings is 1. The highest BCUT2D eigenvalue weighted by Crippen LogP contribution is 2.30. The lowest BCUT2D eigenvalue weighted by atomic mass is 10.1. The van der Waals surface area contributed by atoms with Gasteiger partial charge in [0.15, 0.2) is 0 Å². The molecular weight excluding hydrogens is 440 g/mol. The van der Waals surface area contributed by atoms with Crippen molar-refractivity contribution < 1.29 is 18.0 Å². The van der Waals surface area contributed by atoms with Gasteiger partial charge in [-0.3, -0.25) is 9.59 Å². The number of carbonyl (C=O) groups excluding carboxylic acids is 2. The number of hydrogen-bond acceptors (Lipinski definition) is 5. The van der Waals surface area contributed by atoms with Gasteiger partial charge in [0.2, 0.25) is 21.8 Å². The second-order valence-corrected chi connectivity index (χ2v) is 10.5. The number of amides is 2. The van der Waals surface area contributed by atoms with E-state index in [0.29, 0.717) is 32.6 Å². The van der Waals surface area contributed by atoms with Crippen molar-refractivity contribution in [2.75, 3.05) is 42.5 Å². The molecule has 1 atom stereocenters. The summed E-state index contributed by atoms with van der Waals surface area (Å²) in [6, 6.07) is 13.1. The van der Waals surface area contributed by atoms with Crippen LogP contribution in [-0.2, 0) is 26.0 Å². The molecule has 9 heteroatoms. The maximum atomic E-state index is 12.8. The third-order valence-corrected chi connectivity index (χ3v) is 7.76. The summed E-state index contributed by atoms with van der Waals surface area (Å²) in [5.41, 5.74) is 3.89. The van der Waals surface area contributed by atoms with E-state index < -0.39 is 10.0 Å². The number of nitrogens with zero attached hydrogens (tertiary/aromatic N) is 3. The lowest BCUT2D eigenvalue weighted by Crippen LogP contribution is -2.55. The van der Waals surface area contributed by atoms with E-state index in [9.17, 15) is 18.0 Å². The number of hydrogen-bond donors (Lipinski definition) is 1. The third kappa shape index (κ3) is 4.89. The molecule has 2 aliphatic heterocycles. The van der Waals surface area contributed by atoms with E-state index in [1.54, 1.807) is 21.9 Å². The third-order valence-electron chi connectivity index (χ3n) is 6.36. The first kappa shape index (κ1) is 23.3. The van der Waals surface area contributed by atoms with Crippen LogP contribution < -0.4 is 14.5 Å². The SMILES string of the molecule is CC(=O)N1CCc2cc(S(=O)(=O)NCC(=O)N3CCN(c4cccc(C)c4)[C@H](C)C3)ccc21. The largest absolute Gasteiger partial charge is 0.365 e. The Morgan fingerprint density at radius 3 is 2.58 bits per heavy atom. The molecule has 33 heavy (non-hydrogen) atoms. The highest BCUT2D eigenvalue weighted by Gasteiger charge is 2.29. The van der Waals surface area contributed by atoms with Crippen LogP contribution in [0.25, 0.3) is 0 Å². The van der Waals surface area contributed by atoms with Crippen LogP contribution in [-0.4, -0.2) is 63.9 Å². The summed E-state index contributed by atoms with van der Waals surface area (Å²) in [5, 5.41) is 0. The highest BCUT2D eigenvalue weighted by molar-refractivity contribution is 7.89. The van der Waals surface area contributed by atoms with E-state index in [4.69, 9.17) is 0 Å². The predicted molar refractivity (Wildman–Crippen MR) is 128 cm³/mol. The summed E-state index contributed by atoms with van der Waals surface area (Å²) in [5.74, 6) is -0.303. The standard InChI is InChI=1S/C24H30N4O4S/c1-17-5-4-6-21(13-17)27-12-11-26(16-18(27)2)24(30)15-25-33(31,32)22-7-8-23-20(14-22)9-10-28(23)19(3)29/h4-8,13-14,18,25H,9-12,15-16H2,1-3H3/t18-/m1/s1. The van der Waals surface area contributed by atoms with Crippen molar-refractivity contribution in [3.8, 4) is 0 Å². The van der Waals surface area contributed by atoms with Crippen LogP contribution in [0.1, 0.15) is 25.0 Å². The van der Waals surface area contributed by atoms with Crippen molar-refractivity contribution in [3.05, 3.63) is 53.6 Å². The number of benzene rings is 2. The van der Waals surface area contributed by atoms with Crippen LogP contribution in [0.15, 0.2) is 47.4 Å². The Labute approximate surface area is 195 Å². The molecule has 1 N–H and O–H groups in total. The first-order chi connectivity index (χ1) is 15.7. The van der Waals surface area contributed by atoms with Crippen molar-refractivity contribution in [1.29, 1.82) is 0 Å². The van der Waals surface area contributed by atoms with Gasteiger partial charge in [0.1, 0.15) is 0 Å². The van der Waals surface area contributed by atoms with E-state index in [1.807, 2.05) is 6.07 Å². The lowest BCUT2D eigenvalue weighted by Gasteiger charge is -2.41. The highest BCUT2D eigenvalue weighted by atomic mass is 32.2. The van der Waals surface area contributed by atoms with Gasteiger partial charge in [0.25, 0.3) is 0 Å². The molecule has 0 saturated carbocycles. The van der Waals surface area contributed by atoms with Gasteiger partial charge in [-0.2, -0.15) is 0 Å². The molecule has 4 rings (SSSR count). The minimum absolute atomic E-state index is 0.0650. The molecule has 0 aliphatic carbocycles. The van der Waals surface area contributed by atoms with Gasteiger partial charge in [-0.15, -0.1) is 0 Å². The zero-order valence-corrected chi connectivity index (χ0v) is 20.1. The minimum Gasteiger partial charge on any atom is -0.365 e. The summed E-state index contributed by atoms with van der Waals surface area (Å²) in [6.45, 7) is 7.66. The number of nitrogens with one attached hydrogen (secondary N) is 1. The number of rotatable bonds is 5. The average Bonchev–Trinajstić information content (AvgIpc) is 3.21. The molecule has 2 aromatic carbocycles. The Morgan fingerprint density at radius 1 is 1.09 bits per heavy atom. The fourth-order valence-corrected chi connectivity index (χ4v) is 5.62. The van der Waals surface area contributed by atoms with Crippen molar-refractivity contribution >= 4 is 33.2 Å². The Kier molecular flexibility index (Phi) is 6.45. The zero-order valence-electron chi connectivity index (χ0n) is 19.2. The van der Waals surface area contributed by atoms with Gasteiger partial charge in [0, 0.05) is 50.5 Å². The van der Waals surface area contributed by atoms with Gasteiger partial charge in [-0.1, -0.05) is 12.1 Å². The summed E-state index contributed by atoms with van der Waals surface area (Å²) in [7, 11) is -3.84. The Balaban J connectivity index is 1.36. The first-order valence-corrected chi connectivity index (χ1v) is 12.7. The maximum Gasteiger partial charge on any atom is 0.241 e. The molecule has 2 amide bonds. The van der Waals surface area contributed by atoms with Gasteiger partial charge < -0.3 is 14.7 Å². The number of carbonyl (C=O) groups is 2. The van der Waals surface area contributed by atoms with Gasteiger partial charge in [0.05, 0.1) is 11.4 Å². The lowest BCUT2D eigenvalue weighted by molar-refractivity contribution is -0.130. The van der Waals surface area contributed by atoms with Gasteiger partial charge in [-0.05, 0) is 61.7 Å². The van der Waals surface area contributed by atoms with E-state index in [1.165, 1.54) is 18.6 Å². The molecule has 2 aliphatic rings. The Morgan fingerprint density at radius 2 is 1.88 bits per heavy atom. The topological polar surface area (TPSA) is 90.0 Å². The van der Waals surface area contributed by atoms with Crippen LogP contribution in [0.2, 0.25) is 0 Å². The van der Waals surface area contributed by atoms with Crippen molar-refractivity contribution in [2.24, 2.45) is 0 Å². The summed E-state index contributed by atoms with van der Waals surface area (Å²) < 4.78 is 28.0. The normalized spacial score (nSPS) is 18.4. The molecule has 0 radical (unpaired) electrons. The Bertz CT molecular complexity index is 1180. The maximum absolute atomic E-state index is 12.8. The molecule has 0 unspecified atom stereocenters. The van der Waals surface area contributed by atoms with Crippen molar-refractivity contribution in [3.63, 3.8) is 0 Å². The van der Waals surface area contributed by atoms with E-state index in [-0.39, 0.29) is 29.3 Å². The number of fused-ring (bicyclic) bond motifs is 1. The monoisotopic (exact) mass is 470 g/mol. The molecule has 0 spiro atoms. The average molecular weight is 471 g/mol. The van der Waals surface area contributed by atoms with Crippen LogP contribution in [0.4, 0.5) is 11.4 Å². The van der Waals surface area contributed by atoms with Crippen LogP contribution >= 0.6 is 0 Å². The number of sulfonamides is 1. The molecule has 2 aromatic rings. The second-order valence-electron chi connectivity index (χ2n) is 8.76. The second kappa shape index (κ2) is 9.15. The van der Waals surface area contributed by atoms with E-state index in [0.717, 1.165) is 16.9 Å². The van der Waals surface area contributed by atoms with Gasteiger partial charge >= 0.3 is 0 Å². The summed E-state index contributed by atoms with van der Waals surface area (Å²) >= 11 is 0. The van der Waals surface area contributed by atoms with Crippen LogP contribution in [0.5, 0.6) is 0 Å². The summed E-state index contributed by atoms with van der Waals surface area (Å²) in [4.78, 5) is 30.2. The Hall–Kier alpha value is -2.91. The summed E-state index contributed by atoms with van der Waals surface area (Å²) in [6.07, 6.45) is 0.611. The van der Waals surface area contributed by atoms with E-state index in [2.05, 4.69) is 41.7 Å². The van der Waals surface area contributed by atoms with Crippen LogP contribution in [0.3, 0.4) is 0 Å². The molecule has 0 aromatic heterocycles. The quantitative estimate of drug-likeness (QED) is 0.721. The molecule has 8 nitrogen and oxygen atoms in total. The minimum atomic E-state index is -3.84. The van der Waals surface area contributed by atoms with E-state index >= 15 is 0 Å². The first-order valence-electron chi connectivity index (χ1n) is 11.2. The number of anilines is 2.